The van der Waals surface area contributed by atoms with Gasteiger partial charge in [-0.2, -0.15) is 0 Å². The average molecular weight is 425 g/mol. The number of anilines is 2. The van der Waals surface area contributed by atoms with E-state index in [9.17, 15) is 14.0 Å². The third kappa shape index (κ3) is 4.38. The first-order valence-electron chi connectivity index (χ1n) is 9.64. The van der Waals surface area contributed by atoms with Crippen LogP contribution in [-0.2, 0) is 16.0 Å². The number of carbonyl (C=O) groups excluding carboxylic acids is 2. The van der Waals surface area contributed by atoms with E-state index < -0.39 is 0 Å². The van der Waals surface area contributed by atoms with Crippen molar-refractivity contribution in [3.05, 3.63) is 70.0 Å². The summed E-state index contributed by atoms with van der Waals surface area (Å²) in [6.45, 7) is 4.61. The fourth-order valence-corrected chi connectivity index (χ4v) is 4.27. The van der Waals surface area contributed by atoms with Gasteiger partial charge in [0.25, 0.3) is 0 Å². The molecule has 0 spiro atoms. The summed E-state index contributed by atoms with van der Waals surface area (Å²) >= 11 is 1.28. The molecule has 30 heavy (non-hydrogen) atoms. The van der Waals surface area contributed by atoms with E-state index in [4.69, 9.17) is 0 Å². The third-order valence-electron chi connectivity index (χ3n) is 5.24. The second-order valence-electron chi connectivity index (χ2n) is 7.47. The number of rotatable bonds is 5. The first-order valence-corrected chi connectivity index (χ1v) is 10.5. The van der Waals surface area contributed by atoms with E-state index in [0.717, 1.165) is 16.3 Å². The van der Waals surface area contributed by atoms with Crippen molar-refractivity contribution in [2.24, 2.45) is 0 Å². The highest BCUT2D eigenvalue weighted by Crippen LogP contribution is 2.34. The zero-order chi connectivity index (χ0) is 21.3. The molecule has 2 heterocycles. The number of hydrogen-bond donors (Lipinski definition) is 1. The Morgan fingerprint density at radius 1 is 1.17 bits per heavy atom. The summed E-state index contributed by atoms with van der Waals surface area (Å²) in [5, 5.41) is 12.1. The lowest BCUT2D eigenvalue weighted by Crippen LogP contribution is -2.24. The molecule has 1 aliphatic rings. The van der Waals surface area contributed by atoms with Gasteiger partial charge < -0.3 is 10.2 Å². The van der Waals surface area contributed by atoms with Gasteiger partial charge in [-0.25, -0.2) is 4.39 Å². The Kier molecular flexibility index (Phi) is 5.59. The standard InChI is InChI=1S/C22H21FN4O2S/c1-13-3-8-18(9-14(13)2)27-12-16(11-20(27)29)21-25-26-22(30-21)24-19(28)10-15-4-6-17(23)7-5-15/h3-9,16H,10-12H2,1-2H3,(H,24,26,28)/t16-/m0/s1. The van der Waals surface area contributed by atoms with Crippen molar-refractivity contribution in [2.75, 3.05) is 16.8 Å². The maximum absolute atomic E-state index is 13.0. The highest BCUT2D eigenvalue weighted by molar-refractivity contribution is 7.15. The van der Waals surface area contributed by atoms with E-state index in [0.29, 0.717) is 23.7 Å². The van der Waals surface area contributed by atoms with E-state index in [1.54, 1.807) is 17.0 Å². The van der Waals surface area contributed by atoms with Crippen molar-refractivity contribution in [3.8, 4) is 0 Å². The zero-order valence-electron chi connectivity index (χ0n) is 16.7. The summed E-state index contributed by atoms with van der Waals surface area (Å²) in [4.78, 5) is 26.6. The van der Waals surface area contributed by atoms with Crippen molar-refractivity contribution in [1.82, 2.24) is 10.2 Å². The van der Waals surface area contributed by atoms with Crippen LogP contribution in [-0.4, -0.2) is 28.6 Å². The van der Waals surface area contributed by atoms with Crippen LogP contribution >= 0.6 is 11.3 Å². The van der Waals surface area contributed by atoms with Gasteiger partial charge in [-0.3, -0.25) is 9.59 Å². The summed E-state index contributed by atoms with van der Waals surface area (Å²) in [7, 11) is 0. The molecule has 8 heteroatoms. The Morgan fingerprint density at radius 3 is 2.67 bits per heavy atom. The molecule has 6 nitrogen and oxygen atoms in total. The molecule has 3 aromatic rings. The molecule has 1 fully saturated rings. The minimum absolute atomic E-state index is 0.0559. The molecule has 0 unspecified atom stereocenters. The topological polar surface area (TPSA) is 75.2 Å². The molecule has 1 aromatic heterocycles. The predicted molar refractivity (Wildman–Crippen MR) is 114 cm³/mol. The Balaban J connectivity index is 1.40. The molecular formula is C22H21FN4O2S. The fourth-order valence-electron chi connectivity index (χ4n) is 3.42. The van der Waals surface area contributed by atoms with E-state index >= 15 is 0 Å². The van der Waals surface area contributed by atoms with Crippen LogP contribution in [0, 0.1) is 19.7 Å². The van der Waals surface area contributed by atoms with Crippen LogP contribution in [0.1, 0.15) is 34.0 Å². The summed E-state index contributed by atoms with van der Waals surface area (Å²) in [6.07, 6.45) is 0.489. The first kappa shape index (κ1) is 20.2. The molecule has 2 amide bonds. The molecule has 0 saturated carbocycles. The minimum atomic E-state index is -0.339. The predicted octanol–water partition coefficient (Wildman–Crippen LogP) is 4.00. The Bertz CT molecular complexity index is 1100. The Morgan fingerprint density at radius 2 is 1.93 bits per heavy atom. The van der Waals surface area contributed by atoms with Crippen LogP contribution in [0.2, 0.25) is 0 Å². The molecule has 1 saturated heterocycles. The quantitative estimate of drug-likeness (QED) is 0.672. The molecule has 0 aliphatic carbocycles. The number of nitrogens with zero attached hydrogens (tertiary/aromatic N) is 3. The van der Waals surface area contributed by atoms with E-state index in [1.165, 1.54) is 29.0 Å². The van der Waals surface area contributed by atoms with Crippen LogP contribution < -0.4 is 10.2 Å². The fraction of sp³-hybridized carbons (Fsp3) is 0.273. The first-order chi connectivity index (χ1) is 14.4. The highest BCUT2D eigenvalue weighted by Gasteiger charge is 2.34. The summed E-state index contributed by atoms with van der Waals surface area (Å²) in [6, 6.07) is 11.8. The van der Waals surface area contributed by atoms with Crippen molar-refractivity contribution in [2.45, 2.75) is 32.6 Å². The van der Waals surface area contributed by atoms with Gasteiger partial charge in [-0.1, -0.05) is 29.5 Å². The maximum atomic E-state index is 13.0. The molecule has 4 rings (SSSR count). The Labute approximate surface area is 177 Å². The van der Waals surface area contributed by atoms with E-state index in [1.807, 2.05) is 32.0 Å². The minimum Gasteiger partial charge on any atom is -0.312 e. The second kappa shape index (κ2) is 8.31. The molecule has 2 aromatic carbocycles. The molecule has 0 radical (unpaired) electrons. The number of hydrogen-bond acceptors (Lipinski definition) is 5. The van der Waals surface area contributed by atoms with Crippen LogP contribution in [0.15, 0.2) is 42.5 Å². The van der Waals surface area contributed by atoms with Crippen LogP contribution in [0.4, 0.5) is 15.2 Å². The normalized spacial score (nSPS) is 16.2. The monoisotopic (exact) mass is 424 g/mol. The van der Waals surface area contributed by atoms with Crippen molar-refractivity contribution in [3.63, 3.8) is 0 Å². The summed E-state index contributed by atoms with van der Waals surface area (Å²) in [5.41, 5.74) is 3.94. The lowest BCUT2D eigenvalue weighted by Gasteiger charge is -2.17. The number of nitrogens with one attached hydrogen (secondary N) is 1. The smallest absolute Gasteiger partial charge is 0.230 e. The number of amides is 2. The van der Waals surface area contributed by atoms with Crippen LogP contribution in [0.5, 0.6) is 0 Å². The van der Waals surface area contributed by atoms with Gasteiger partial charge in [0, 0.05) is 24.6 Å². The van der Waals surface area contributed by atoms with Gasteiger partial charge in [0.1, 0.15) is 10.8 Å². The van der Waals surface area contributed by atoms with Crippen LogP contribution in [0.3, 0.4) is 0 Å². The Hall–Kier alpha value is -3.13. The average Bonchev–Trinajstić information content (AvgIpc) is 3.32. The molecule has 0 bridgehead atoms. The lowest BCUT2D eigenvalue weighted by atomic mass is 10.1. The molecule has 1 N–H and O–H groups in total. The molecule has 1 aliphatic heterocycles. The molecule has 1 atom stereocenters. The summed E-state index contributed by atoms with van der Waals surface area (Å²) in [5.74, 6) is -0.586. The van der Waals surface area contributed by atoms with Crippen LogP contribution in [0.25, 0.3) is 0 Å². The molecular weight excluding hydrogens is 403 g/mol. The van der Waals surface area contributed by atoms with E-state index in [2.05, 4.69) is 15.5 Å². The second-order valence-corrected chi connectivity index (χ2v) is 8.48. The van der Waals surface area contributed by atoms with Gasteiger partial charge in [0.2, 0.25) is 16.9 Å². The van der Waals surface area contributed by atoms with Gasteiger partial charge in [-0.15, -0.1) is 10.2 Å². The SMILES string of the molecule is Cc1ccc(N2C[C@@H](c3nnc(NC(=O)Cc4ccc(F)cc4)s3)CC2=O)cc1C. The lowest BCUT2D eigenvalue weighted by molar-refractivity contribution is -0.117. The van der Waals surface area contributed by atoms with Gasteiger partial charge in [-0.05, 0) is 54.8 Å². The van der Waals surface area contributed by atoms with Crippen molar-refractivity contribution in [1.29, 1.82) is 0 Å². The zero-order valence-corrected chi connectivity index (χ0v) is 17.5. The van der Waals surface area contributed by atoms with Gasteiger partial charge >= 0.3 is 0 Å². The van der Waals surface area contributed by atoms with Crippen molar-refractivity contribution >= 4 is 34.0 Å². The number of aryl methyl sites for hydroxylation is 2. The maximum Gasteiger partial charge on any atom is 0.230 e. The largest absolute Gasteiger partial charge is 0.312 e. The number of aromatic nitrogens is 2. The van der Waals surface area contributed by atoms with Gasteiger partial charge in [0.05, 0.1) is 6.42 Å². The third-order valence-corrected chi connectivity index (χ3v) is 6.24. The highest BCUT2D eigenvalue weighted by atomic mass is 32.1. The summed E-state index contributed by atoms with van der Waals surface area (Å²) < 4.78 is 13.0. The number of carbonyl (C=O) groups is 2. The van der Waals surface area contributed by atoms with E-state index in [-0.39, 0.29) is 30.0 Å². The number of benzene rings is 2. The van der Waals surface area contributed by atoms with Gasteiger partial charge in [0.15, 0.2) is 0 Å². The number of halogens is 1. The van der Waals surface area contributed by atoms with Crippen molar-refractivity contribution < 1.29 is 14.0 Å². The molecule has 154 valence electrons.